The van der Waals surface area contributed by atoms with E-state index in [2.05, 4.69) is 93.7 Å². The molecule has 0 spiro atoms. The standard InChI is InChI=1S/C65H102O12/c1-4-7-10-13-16-19-22-25-28-29-32-35-38-41-44-47-50-53-59(68)76-63-61(70)60(69)62(64(71)72)77-65(63)74-55-56(75-58(67)52-49-46-43-40-37-34-31-27-24-21-18-15-12-9-6-3)54-73-57(66)51-48-45-42-39-36-33-30-26-23-20-17-14-11-8-5-2/h8-9,11-12,17-18,20-21,26-27,30-31,36-37,39-40,45-46,48-49,56,60-63,65,69-70H,4-7,10,13-16,19,22-25,28-29,32-35,38,41-44,47,50-55H2,1-3H3,(H,71,72)/b11-8-,12-9-,20-17-,21-18-,30-26-,31-27-,39-36-,40-37-,48-45-,49-46-. The Morgan fingerprint density at radius 2 is 0.805 bits per heavy atom. The number of esters is 3. The summed E-state index contributed by atoms with van der Waals surface area (Å²) in [5.74, 6) is -3.46. The molecule has 77 heavy (non-hydrogen) atoms. The molecule has 0 saturated carbocycles. The summed E-state index contributed by atoms with van der Waals surface area (Å²) in [6, 6.07) is 0. The highest BCUT2D eigenvalue weighted by Crippen LogP contribution is 2.26. The number of ether oxygens (including phenoxy) is 5. The molecule has 0 bridgehead atoms. The van der Waals surface area contributed by atoms with Crippen LogP contribution in [0.25, 0.3) is 0 Å². The Bertz CT molecular complexity index is 1800. The Balaban J connectivity index is 2.79. The van der Waals surface area contributed by atoms with Crippen molar-refractivity contribution in [1.82, 2.24) is 0 Å². The van der Waals surface area contributed by atoms with Crippen molar-refractivity contribution in [2.24, 2.45) is 0 Å². The summed E-state index contributed by atoms with van der Waals surface area (Å²) in [5, 5.41) is 31.5. The first-order valence-electron chi connectivity index (χ1n) is 29.5. The average Bonchev–Trinajstić information content (AvgIpc) is 3.42. The predicted molar refractivity (Wildman–Crippen MR) is 312 cm³/mol. The first kappa shape index (κ1) is 70.1. The molecule has 6 unspecified atom stereocenters. The molecule has 1 rings (SSSR count). The summed E-state index contributed by atoms with van der Waals surface area (Å²) in [4.78, 5) is 51.0. The smallest absolute Gasteiger partial charge is 0.335 e. The Hall–Kier alpha value is -4.88. The number of carboxylic acids is 1. The second kappa shape index (κ2) is 51.9. The van der Waals surface area contributed by atoms with E-state index in [9.17, 15) is 34.5 Å². The van der Waals surface area contributed by atoms with E-state index in [1.54, 1.807) is 12.2 Å². The fraction of sp³-hybridized carbons (Fsp3) is 0.631. The molecular formula is C65H102O12. The molecule has 1 heterocycles. The highest BCUT2D eigenvalue weighted by molar-refractivity contribution is 5.74. The number of aliphatic hydroxyl groups is 2. The lowest BCUT2D eigenvalue weighted by Crippen LogP contribution is -2.61. The fourth-order valence-corrected chi connectivity index (χ4v) is 8.16. The third-order valence-corrected chi connectivity index (χ3v) is 12.6. The molecular weight excluding hydrogens is 973 g/mol. The zero-order valence-electron chi connectivity index (χ0n) is 47.7. The molecule has 0 aliphatic carbocycles. The van der Waals surface area contributed by atoms with Crippen molar-refractivity contribution in [3.63, 3.8) is 0 Å². The summed E-state index contributed by atoms with van der Waals surface area (Å²) < 4.78 is 28.2. The van der Waals surface area contributed by atoms with Crippen LogP contribution < -0.4 is 0 Å². The van der Waals surface area contributed by atoms with E-state index < -0.39 is 73.9 Å². The van der Waals surface area contributed by atoms with Crippen LogP contribution in [0.3, 0.4) is 0 Å². The van der Waals surface area contributed by atoms with Crippen LogP contribution in [0.2, 0.25) is 0 Å². The molecule has 0 aromatic heterocycles. The SMILES string of the molecule is CC/C=C\C/C=C\C/C=C\C/C=C\C/C=C\CC(=O)OCC(COC1OC(C(=O)O)C(O)C(O)C1OC(=O)CCCCCCCCCCCCCCCCCCC)OC(=O)C/C=C\C/C=C\C/C=C\C/C=C\C/C=C\CC. The molecule has 12 heteroatoms. The van der Waals surface area contributed by atoms with Crippen LogP contribution >= 0.6 is 0 Å². The number of carboxylic acid groups (broad SMARTS) is 1. The topological polar surface area (TPSA) is 175 Å². The molecule has 434 valence electrons. The number of aliphatic hydroxyl groups excluding tert-OH is 2. The minimum absolute atomic E-state index is 0.0386. The van der Waals surface area contributed by atoms with Crippen LogP contribution in [0.15, 0.2) is 122 Å². The van der Waals surface area contributed by atoms with E-state index >= 15 is 0 Å². The van der Waals surface area contributed by atoms with Gasteiger partial charge in [-0.3, -0.25) is 14.4 Å². The zero-order chi connectivity index (χ0) is 56.1. The molecule has 12 nitrogen and oxygen atoms in total. The normalized spacial score (nSPS) is 18.9. The Kier molecular flexibility index (Phi) is 47.2. The fourth-order valence-electron chi connectivity index (χ4n) is 8.16. The van der Waals surface area contributed by atoms with E-state index in [1.807, 2.05) is 36.5 Å². The van der Waals surface area contributed by atoms with Crippen molar-refractivity contribution >= 4 is 23.9 Å². The van der Waals surface area contributed by atoms with Crippen molar-refractivity contribution in [2.75, 3.05) is 13.2 Å². The number of allylic oxidation sites excluding steroid dienone is 18. The summed E-state index contributed by atoms with van der Waals surface area (Å²) in [7, 11) is 0. The number of hydrogen-bond acceptors (Lipinski definition) is 11. The number of unbranched alkanes of at least 4 members (excludes halogenated alkanes) is 16. The molecule has 1 aliphatic heterocycles. The quantitative estimate of drug-likeness (QED) is 0.0228. The first-order valence-corrected chi connectivity index (χ1v) is 29.5. The van der Waals surface area contributed by atoms with E-state index in [1.165, 1.54) is 77.0 Å². The van der Waals surface area contributed by atoms with Gasteiger partial charge in [0.2, 0.25) is 0 Å². The lowest BCUT2D eigenvalue weighted by Gasteiger charge is -2.40. The maximum Gasteiger partial charge on any atom is 0.335 e. The van der Waals surface area contributed by atoms with Crippen LogP contribution in [-0.2, 0) is 42.9 Å². The third kappa shape index (κ3) is 41.8. The zero-order valence-corrected chi connectivity index (χ0v) is 47.7. The van der Waals surface area contributed by atoms with E-state index in [-0.39, 0.29) is 19.3 Å². The molecule has 6 atom stereocenters. The first-order chi connectivity index (χ1) is 37.6. The largest absolute Gasteiger partial charge is 0.479 e. The number of carbonyl (C=O) groups is 4. The Labute approximate surface area is 465 Å². The molecule has 1 aliphatic rings. The molecule has 0 aromatic carbocycles. The van der Waals surface area contributed by atoms with Gasteiger partial charge in [-0.2, -0.15) is 0 Å². The van der Waals surface area contributed by atoms with Crippen LogP contribution in [-0.4, -0.2) is 89.2 Å². The number of aliphatic carboxylic acids is 1. The molecule has 1 fully saturated rings. The number of rotatable bonds is 48. The van der Waals surface area contributed by atoms with Gasteiger partial charge in [0.1, 0.15) is 18.8 Å². The second-order valence-corrected chi connectivity index (χ2v) is 19.6. The molecule has 0 aromatic rings. The lowest BCUT2D eigenvalue weighted by atomic mass is 9.98. The Morgan fingerprint density at radius 3 is 1.19 bits per heavy atom. The summed E-state index contributed by atoms with van der Waals surface area (Å²) >= 11 is 0. The summed E-state index contributed by atoms with van der Waals surface area (Å²) in [6.45, 7) is 5.59. The van der Waals surface area contributed by atoms with Crippen LogP contribution in [0.4, 0.5) is 0 Å². The number of hydrogen-bond donors (Lipinski definition) is 3. The number of carbonyl (C=O) groups excluding carboxylic acids is 3. The molecule has 1 saturated heterocycles. The van der Waals surface area contributed by atoms with E-state index in [0.29, 0.717) is 19.3 Å². The Morgan fingerprint density at radius 1 is 0.442 bits per heavy atom. The van der Waals surface area contributed by atoms with Gasteiger partial charge in [-0.05, 0) is 70.6 Å². The van der Waals surface area contributed by atoms with Crippen molar-refractivity contribution in [2.45, 2.75) is 250 Å². The minimum Gasteiger partial charge on any atom is -0.479 e. The van der Waals surface area contributed by atoms with E-state index in [4.69, 9.17) is 23.7 Å². The van der Waals surface area contributed by atoms with Crippen molar-refractivity contribution in [1.29, 1.82) is 0 Å². The predicted octanol–water partition coefficient (Wildman–Crippen LogP) is 15.2. The van der Waals surface area contributed by atoms with Gasteiger partial charge in [-0.15, -0.1) is 0 Å². The van der Waals surface area contributed by atoms with Crippen LogP contribution in [0, 0.1) is 0 Å². The van der Waals surface area contributed by atoms with Gasteiger partial charge < -0.3 is 39.0 Å². The minimum atomic E-state index is -1.93. The monoisotopic (exact) mass is 1070 g/mol. The van der Waals surface area contributed by atoms with Crippen molar-refractivity contribution < 1.29 is 58.2 Å². The van der Waals surface area contributed by atoms with Gasteiger partial charge in [0, 0.05) is 6.42 Å². The lowest BCUT2D eigenvalue weighted by molar-refractivity contribution is -0.301. The van der Waals surface area contributed by atoms with E-state index in [0.717, 1.165) is 77.0 Å². The maximum absolute atomic E-state index is 13.1. The van der Waals surface area contributed by atoms with Gasteiger partial charge in [0.15, 0.2) is 24.6 Å². The van der Waals surface area contributed by atoms with Gasteiger partial charge in [0.05, 0.1) is 19.4 Å². The van der Waals surface area contributed by atoms with Crippen molar-refractivity contribution in [3.8, 4) is 0 Å². The highest BCUT2D eigenvalue weighted by Gasteiger charge is 2.50. The van der Waals surface area contributed by atoms with Gasteiger partial charge in [-0.1, -0.05) is 245 Å². The third-order valence-electron chi connectivity index (χ3n) is 12.6. The van der Waals surface area contributed by atoms with Crippen molar-refractivity contribution in [3.05, 3.63) is 122 Å². The van der Waals surface area contributed by atoms with Crippen LogP contribution in [0.1, 0.15) is 213 Å². The maximum atomic E-state index is 13.1. The van der Waals surface area contributed by atoms with Gasteiger partial charge >= 0.3 is 23.9 Å². The van der Waals surface area contributed by atoms with Crippen LogP contribution in [0.5, 0.6) is 0 Å². The summed E-state index contributed by atoms with van der Waals surface area (Å²) in [6.07, 6.45) is 59.4. The van der Waals surface area contributed by atoms with Gasteiger partial charge in [0.25, 0.3) is 0 Å². The molecule has 3 N–H and O–H groups in total. The second-order valence-electron chi connectivity index (χ2n) is 19.6. The van der Waals surface area contributed by atoms with Gasteiger partial charge in [-0.25, -0.2) is 4.79 Å². The molecule has 0 radical (unpaired) electrons. The highest BCUT2D eigenvalue weighted by atomic mass is 16.7. The average molecular weight is 1080 g/mol. The summed E-state index contributed by atoms with van der Waals surface area (Å²) in [5.41, 5.74) is 0. The molecule has 0 amide bonds.